The van der Waals surface area contributed by atoms with Crippen molar-refractivity contribution in [1.29, 1.82) is 0 Å². The molecule has 1 aromatic heterocycles. The summed E-state index contributed by atoms with van der Waals surface area (Å²) >= 11 is 1.75. The SMILES string of the molecule is CCCC(NC(C)C(=O)NCCC(C)C)c1cccs1. The molecule has 1 heterocycles. The predicted molar refractivity (Wildman–Crippen MR) is 87.0 cm³/mol. The van der Waals surface area contributed by atoms with E-state index in [0.717, 1.165) is 25.8 Å². The quantitative estimate of drug-likeness (QED) is 0.729. The number of nitrogens with one attached hydrogen (secondary N) is 2. The molecule has 1 aromatic rings. The molecule has 20 heavy (non-hydrogen) atoms. The van der Waals surface area contributed by atoms with Crippen molar-refractivity contribution in [1.82, 2.24) is 10.6 Å². The van der Waals surface area contributed by atoms with Gasteiger partial charge in [-0.2, -0.15) is 0 Å². The molecule has 0 fully saturated rings. The summed E-state index contributed by atoms with van der Waals surface area (Å²) in [7, 11) is 0. The lowest BCUT2D eigenvalue weighted by molar-refractivity contribution is -0.123. The molecule has 0 aliphatic rings. The van der Waals surface area contributed by atoms with E-state index in [0.29, 0.717) is 5.92 Å². The van der Waals surface area contributed by atoms with Crippen LogP contribution in [0.15, 0.2) is 17.5 Å². The Kier molecular flexibility index (Phi) is 7.85. The van der Waals surface area contributed by atoms with Crippen molar-refractivity contribution in [3.63, 3.8) is 0 Å². The lowest BCUT2D eigenvalue weighted by atomic mass is 10.1. The highest BCUT2D eigenvalue weighted by Gasteiger charge is 2.19. The molecule has 114 valence electrons. The number of thiophene rings is 1. The Hall–Kier alpha value is -0.870. The van der Waals surface area contributed by atoms with Crippen LogP contribution in [-0.2, 0) is 4.79 Å². The number of hydrogen-bond donors (Lipinski definition) is 2. The third-order valence-corrected chi connectivity index (χ3v) is 4.32. The Balaban J connectivity index is 2.45. The number of rotatable bonds is 9. The molecule has 0 radical (unpaired) electrons. The van der Waals surface area contributed by atoms with Gasteiger partial charge in [-0.05, 0) is 37.1 Å². The molecule has 0 spiro atoms. The topological polar surface area (TPSA) is 41.1 Å². The summed E-state index contributed by atoms with van der Waals surface area (Å²) in [6.07, 6.45) is 3.20. The minimum absolute atomic E-state index is 0.100. The third-order valence-electron chi connectivity index (χ3n) is 3.33. The first-order chi connectivity index (χ1) is 9.54. The Morgan fingerprint density at radius 3 is 2.60 bits per heavy atom. The van der Waals surface area contributed by atoms with E-state index < -0.39 is 0 Å². The summed E-state index contributed by atoms with van der Waals surface area (Å²) in [4.78, 5) is 13.4. The normalized spacial score (nSPS) is 14.2. The van der Waals surface area contributed by atoms with Gasteiger partial charge in [0.2, 0.25) is 5.91 Å². The Labute approximate surface area is 127 Å². The fourth-order valence-corrected chi connectivity index (χ4v) is 2.92. The molecule has 2 unspecified atom stereocenters. The van der Waals surface area contributed by atoms with Crippen molar-refractivity contribution in [2.24, 2.45) is 5.92 Å². The van der Waals surface area contributed by atoms with E-state index in [2.05, 4.69) is 48.9 Å². The van der Waals surface area contributed by atoms with Gasteiger partial charge in [0.05, 0.1) is 6.04 Å². The first-order valence-electron chi connectivity index (χ1n) is 7.61. The third kappa shape index (κ3) is 6.06. The monoisotopic (exact) mass is 296 g/mol. The molecule has 0 bridgehead atoms. The van der Waals surface area contributed by atoms with Crippen LogP contribution in [0.2, 0.25) is 0 Å². The number of hydrogen-bond acceptors (Lipinski definition) is 3. The molecule has 0 aliphatic heterocycles. The van der Waals surface area contributed by atoms with Gasteiger partial charge in [-0.3, -0.25) is 10.1 Å². The molecule has 2 N–H and O–H groups in total. The van der Waals surface area contributed by atoms with Crippen LogP contribution in [0.1, 0.15) is 57.9 Å². The zero-order chi connectivity index (χ0) is 15.0. The van der Waals surface area contributed by atoms with E-state index in [1.54, 1.807) is 11.3 Å². The maximum absolute atomic E-state index is 12.1. The van der Waals surface area contributed by atoms with E-state index in [4.69, 9.17) is 0 Å². The zero-order valence-corrected chi connectivity index (χ0v) is 13.9. The fraction of sp³-hybridized carbons (Fsp3) is 0.688. The van der Waals surface area contributed by atoms with Crippen LogP contribution in [0.3, 0.4) is 0 Å². The molecule has 0 saturated heterocycles. The van der Waals surface area contributed by atoms with Crippen LogP contribution >= 0.6 is 11.3 Å². The van der Waals surface area contributed by atoms with Crippen molar-refractivity contribution >= 4 is 17.2 Å². The highest BCUT2D eigenvalue weighted by atomic mass is 32.1. The van der Waals surface area contributed by atoms with E-state index in [1.165, 1.54) is 4.88 Å². The summed E-state index contributed by atoms with van der Waals surface area (Å²) < 4.78 is 0. The minimum Gasteiger partial charge on any atom is -0.355 e. The van der Waals surface area contributed by atoms with Gasteiger partial charge in [-0.15, -0.1) is 11.3 Å². The van der Waals surface area contributed by atoms with Gasteiger partial charge in [0.15, 0.2) is 0 Å². The van der Waals surface area contributed by atoms with Gasteiger partial charge in [0, 0.05) is 17.5 Å². The highest BCUT2D eigenvalue weighted by molar-refractivity contribution is 7.10. The van der Waals surface area contributed by atoms with E-state index >= 15 is 0 Å². The minimum atomic E-state index is -0.152. The first kappa shape index (κ1) is 17.2. The van der Waals surface area contributed by atoms with Crippen molar-refractivity contribution in [3.05, 3.63) is 22.4 Å². The van der Waals surface area contributed by atoms with Crippen LogP contribution in [0.5, 0.6) is 0 Å². The smallest absolute Gasteiger partial charge is 0.236 e. The van der Waals surface area contributed by atoms with E-state index in [-0.39, 0.29) is 18.0 Å². The molecule has 1 amide bonds. The second-order valence-electron chi connectivity index (χ2n) is 5.72. The second-order valence-corrected chi connectivity index (χ2v) is 6.70. The van der Waals surface area contributed by atoms with Crippen LogP contribution in [0.4, 0.5) is 0 Å². The molecule has 0 saturated carbocycles. The van der Waals surface area contributed by atoms with E-state index in [1.807, 2.05) is 6.92 Å². The Morgan fingerprint density at radius 1 is 1.30 bits per heavy atom. The van der Waals surface area contributed by atoms with Crippen LogP contribution in [0, 0.1) is 5.92 Å². The van der Waals surface area contributed by atoms with Gasteiger partial charge in [-0.1, -0.05) is 33.3 Å². The Morgan fingerprint density at radius 2 is 2.05 bits per heavy atom. The molecule has 2 atom stereocenters. The largest absolute Gasteiger partial charge is 0.355 e. The maximum atomic E-state index is 12.1. The van der Waals surface area contributed by atoms with Crippen molar-refractivity contribution < 1.29 is 4.79 Å². The molecule has 4 heteroatoms. The van der Waals surface area contributed by atoms with Crippen LogP contribution < -0.4 is 10.6 Å². The second kappa shape index (κ2) is 9.14. The van der Waals surface area contributed by atoms with Gasteiger partial charge >= 0.3 is 0 Å². The predicted octanol–water partition coefficient (Wildman–Crippen LogP) is 3.73. The van der Waals surface area contributed by atoms with E-state index in [9.17, 15) is 4.79 Å². The van der Waals surface area contributed by atoms with Crippen LogP contribution in [0.25, 0.3) is 0 Å². The summed E-state index contributed by atoms with van der Waals surface area (Å²) in [6.45, 7) is 9.22. The number of amides is 1. The molecule has 3 nitrogen and oxygen atoms in total. The molecule has 1 rings (SSSR count). The standard InChI is InChI=1S/C16H28N2OS/c1-5-7-14(15-8-6-11-20-15)18-13(4)16(19)17-10-9-12(2)3/h6,8,11-14,18H,5,7,9-10H2,1-4H3,(H,17,19). The summed E-state index contributed by atoms with van der Waals surface area (Å²) in [6, 6.07) is 4.34. The molecule has 0 aromatic carbocycles. The molecular weight excluding hydrogens is 268 g/mol. The van der Waals surface area contributed by atoms with Crippen molar-refractivity contribution in [3.8, 4) is 0 Å². The lowest BCUT2D eigenvalue weighted by Crippen LogP contribution is -2.44. The number of carbonyl (C=O) groups is 1. The fourth-order valence-electron chi connectivity index (χ4n) is 2.10. The van der Waals surface area contributed by atoms with Crippen molar-refractivity contribution in [2.45, 2.75) is 59.0 Å². The maximum Gasteiger partial charge on any atom is 0.236 e. The van der Waals surface area contributed by atoms with Gasteiger partial charge in [0.25, 0.3) is 0 Å². The van der Waals surface area contributed by atoms with Crippen LogP contribution in [-0.4, -0.2) is 18.5 Å². The summed E-state index contributed by atoms with van der Waals surface area (Å²) in [5.74, 6) is 0.723. The molecular formula is C16H28N2OS. The average molecular weight is 296 g/mol. The zero-order valence-electron chi connectivity index (χ0n) is 13.1. The van der Waals surface area contributed by atoms with Crippen molar-refractivity contribution in [2.75, 3.05) is 6.54 Å². The number of carbonyl (C=O) groups excluding carboxylic acids is 1. The van der Waals surface area contributed by atoms with Gasteiger partial charge < -0.3 is 5.32 Å². The first-order valence-corrected chi connectivity index (χ1v) is 8.49. The Bertz CT molecular complexity index is 376. The van der Waals surface area contributed by atoms with Gasteiger partial charge in [-0.25, -0.2) is 0 Å². The van der Waals surface area contributed by atoms with Gasteiger partial charge in [0.1, 0.15) is 0 Å². The average Bonchev–Trinajstić information content (AvgIpc) is 2.91. The highest BCUT2D eigenvalue weighted by Crippen LogP contribution is 2.23. The summed E-state index contributed by atoms with van der Waals surface area (Å²) in [5, 5.41) is 8.56. The molecule has 0 aliphatic carbocycles. The lowest BCUT2D eigenvalue weighted by Gasteiger charge is -2.22. The summed E-state index contributed by atoms with van der Waals surface area (Å²) in [5.41, 5.74) is 0.